The summed E-state index contributed by atoms with van der Waals surface area (Å²) < 4.78 is 1.95. The lowest BCUT2D eigenvalue weighted by atomic mass is 9.82. The Labute approximate surface area is 84.6 Å². The number of aromatic nitrogens is 2. The van der Waals surface area contributed by atoms with Gasteiger partial charge < -0.3 is 5.73 Å². The van der Waals surface area contributed by atoms with Gasteiger partial charge in [0.05, 0.1) is 11.7 Å². The van der Waals surface area contributed by atoms with Crippen molar-refractivity contribution >= 4 is 5.82 Å². The lowest BCUT2D eigenvalue weighted by molar-refractivity contribution is 0.236. The van der Waals surface area contributed by atoms with Gasteiger partial charge in [-0.2, -0.15) is 5.10 Å². The average Bonchev–Trinajstić information content (AvgIpc) is 2.51. The van der Waals surface area contributed by atoms with Gasteiger partial charge in [-0.15, -0.1) is 0 Å². The van der Waals surface area contributed by atoms with E-state index >= 15 is 0 Å². The Balaban J connectivity index is 2.33. The van der Waals surface area contributed by atoms with Crippen molar-refractivity contribution in [3.63, 3.8) is 0 Å². The van der Waals surface area contributed by atoms with Gasteiger partial charge in [-0.25, -0.2) is 4.68 Å². The molecule has 0 saturated carbocycles. The molecule has 2 rings (SSSR count). The predicted molar refractivity (Wildman–Crippen MR) is 57.8 cm³/mol. The zero-order chi connectivity index (χ0) is 10.2. The molecule has 1 aromatic heterocycles. The third-order valence-electron chi connectivity index (χ3n) is 2.97. The van der Waals surface area contributed by atoms with Gasteiger partial charge in [-0.05, 0) is 31.7 Å². The van der Waals surface area contributed by atoms with Gasteiger partial charge >= 0.3 is 0 Å². The first-order chi connectivity index (χ1) is 6.62. The average molecular weight is 191 g/mol. The Morgan fingerprint density at radius 1 is 1.64 bits per heavy atom. The Hall–Kier alpha value is -1.25. The summed E-state index contributed by atoms with van der Waals surface area (Å²) in [7, 11) is 0. The molecule has 1 heterocycles. The highest BCUT2D eigenvalue weighted by atomic mass is 15.3. The summed E-state index contributed by atoms with van der Waals surface area (Å²) in [4.78, 5) is 0. The van der Waals surface area contributed by atoms with E-state index in [4.69, 9.17) is 5.73 Å². The quantitative estimate of drug-likeness (QED) is 0.691. The van der Waals surface area contributed by atoms with Gasteiger partial charge in [0.2, 0.25) is 0 Å². The molecule has 3 heteroatoms. The van der Waals surface area contributed by atoms with Crippen LogP contribution in [0.4, 0.5) is 5.82 Å². The molecule has 1 aliphatic rings. The molecule has 76 valence electrons. The molecule has 0 aromatic carbocycles. The molecule has 0 aliphatic heterocycles. The SMILES string of the molecule is C[C@H]1C=CC[C@@](C)(n2nccc2N)C1. The lowest BCUT2D eigenvalue weighted by Crippen LogP contribution is -2.35. The fourth-order valence-electron chi connectivity index (χ4n) is 2.34. The number of hydrogen-bond donors (Lipinski definition) is 1. The number of rotatable bonds is 1. The zero-order valence-corrected chi connectivity index (χ0v) is 8.77. The summed E-state index contributed by atoms with van der Waals surface area (Å²) in [6.45, 7) is 4.45. The van der Waals surface area contributed by atoms with Gasteiger partial charge in [0.1, 0.15) is 5.82 Å². The van der Waals surface area contributed by atoms with Crippen LogP contribution >= 0.6 is 0 Å². The first-order valence-corrected chi connectivity index (χ1v) is 5.08. The summed E-state index contributed by atoms with van der Waals surface area (Å²) in [5, 5.41) is 4.30. The molecule has 0 bridgehead atoms. The van der Waals surface area contributed by atoms with E-state index in [0.717, 1.165) is 18.7 Å². The molecule has 0 amide bonds. The molecule has 3 nitrogen and oxygen atoms in total. The molecule has 14 heavy (non-hydrogen) atoms. The minimum absolute atomic E-state index is 0.0573. The van der Waals surface area contributed by atoms with Gasteiger partial charge in [-0.3, -0.25) is 0 Å². The highest BCUT2D eigenvalue weighted by molar-refractivity contribution is 5.28. The van der Waals surface area contributed by atoms with Crippen LogP contribution in [0.5, 0.6) is 0 Å². The number of nitrogens with two attached hydrogens (primary N) is 1. The van der Waals surface area contributed by atoms with E-state index in [1.807, 2.05) is 10.7 Å². The van der Waals surface area contributed by atoms with Gasteiger partial charge in [0, 0.05) is 0 Å². The molecule has 0 radical (unpaired) electrons. The Bertz CT molecular complexity index is 353. The normalized spacial score (nSPS) is 32.0. The monoisotopic (exact) mass is 191 g/mol. The molecule has 0 fully saturated rings. The van der Waals surface area contributed by atoms with E-state index in [9.17, 15) is 0 Å². The maximum atomic E-state index is 5.88. The fraction of sp³-hybridized carbons (Fsp3) is 0.545. The van der Waals surface area contributed by atoms with E-state index in [1.54, 1.807) is 6.20 Å². The molecule has 0 saturated heterocycles. The number of anilines is 1. The van der Waals surface area contributed by atoms with Gasteiger partial charge in [0.15, 0.2) is 0 Å². The minimum Gasteiger partial charge on any atom is -0.384 e. The maximum absolute atomic E-state index is 5.88. The first-order valence-electron chi connectivity index (χ1n) is 5.08. The van der Waals surface area contributed by atoms with Crippen LogP contribution in [0.25, 0.3) is 0 Å². The van der Waals surface area contributed by atoms with Crippen molar-refractivity contribution in [2.24, 2.45) is 5.92 Å². The maximum Gasteiger partial charge on any atom is 0.122 e. The molecule has 1 aliphatic carbocycles. The number of nitrogen functional groups attached to an aromatic ring is 1. The minimum atomic E-state index is 0.0573. The van der Waals surface area contributed by atoms with Gasteiger partial charge in [0.25, 0.3) is 0 Å². The summed E-state index contributed by atoms with van der Waals surface area (Å²) in [6.07, 6.45) is 8.39. The Morgan fingerprint density at radius 3 is 3.00 bits per heavy atom. The smallest absolute Gasteiger partial charge is 0.122 e. The van der Waals surface area contributed by atoms with Crippen molar-refractivity contribution in [1.29, 1.82) is 0 Å². The van der Waals surface area contributed by atoms with E-state index in [1.165, 1.54) is 0 Å². The number of nitrogens with zero attached hydrogens (tertiary/aromatic N) is 2. The summed E-state index contributed by atoms with van der Waals surface area (Å²) in [6, 6.07) is 1.86. The van der Waals surface area contributed by atoms with Crippen LogP contribution in [0.2, 0.25) is 0 Å². The predicted octanol–water partition coefficient (Wildman–Crippen LogP) is 2.17. The molecule has 0 spiro atoms. The Kier molecular flexibility index (Phi) is 2.10. The zero-order valence-electron chi connectivity index (χ0n) is 8.77. The topological polar surface area (TPSA) is 43.8 Å². The summed E-state index contributed by atoms with van der Waals surface area (Å²) >= 11 is 0. The van der Waals surface area contributed by atoms with Crippen LogP contribution in [0.15, 0.2) is 24.4 Å². The van der Waals surface area contributed by atoms with E-state index in [0.29, 0.717) is 5.92 Å². The first kappa shape index (κ1) is 9.31. The van der Waals surface area contributed by atoms with Crippen LogP contribution in [0.3, 0.4) is 0 Å². The second-order valence-corrected chi connectivity index (χ2v) is 4.48. The molecular formula is C11H17N3. The number of allylic oxidation sites excluding steroid dienone is 2. The summed E-state index contributed by atoms with van der Waals surface area (Å²) in [5.74, 6) is 1.37. The van der Waals surface area contributed by atoms with Crippen molar-refractivity contribution in [2.75, 3.05) is 5.73 Å². The second-order valence-electron chi connectivity index (χ2n) is 4.48. The molecule has 2 atom stereocenters. The van der Waals surface area contributed by atoms with Crippen molar-refractivity contribution in [3.05, 3.63) is 24.4 Å². The van der Waals surface area contributed by atoms with Crippen molar-refractivity contribution in [3.8, 4) is 0 Å². The largest absolute Gasteiger partial charge is 0.384 e. The van der Waals surface area contributed by atoms with Crippen LogP contribution in [0.1, 0.15) is 26.7 Å². The second kappa shape index (κ2) is 3.15. The Morgan fingerprint density at radius 2 is 2.43 bits per heavy atom. The molecule has 0 unspecified atom stereocenters. The summed E-state index contributed by atoms with van der Waals surface area (Å²) in [5.41, 5.74) is 5.94. The molecule has 2 N–H and O–H groups in total. The van der Waals surface area contributed by atoms with E-state index in [-0.39, 0.29) is 5.54 Å². The van der Waals surface area contributed by atoms with Crippen molar-refractivity contribution in [2.45, 2.75) is 32.2 Å². The third-order valence-corrected chi connectivity index (χ3v) is 2.97. The van der Waals surface area contributed by atoms with E-state index < -0.39 is 0 Å². The van der Waals surface area contributed by atoms with Gasteiger partial charge in [-0.1, -0.05) is 19.1 Å². The molecular weight excluding hydrogens is 174 g/mol. The lowest BCUT2D eigenvalue weighted by Gasteiger charge is -2.34. The van der Waals surface area contributed by atoms with Crippen LogP contribution < -0.4 is 5.73 Å². The highest BCUT2D eigenvalue weighted by Crippen LogP contribution is 2.34. The van der Waals surface area contributed by atoms with Crippen molar-refractivity contribution < 1.29 is 0 Å². The molecule has 1 aromatic rings. The number of hydrogen-bond acceptors (Lipinski definition) is 2. The van der Waals surface area contributed by atoms with E-state index in [2.05, 4.69) is 31.1 Å². The fourth-order valence-corrected chi connectivity index (χ4v) is 2.34. The highest BCUT2D eigenvalue weighted by Gasteiger charge is 2.31. The standard InChI is InChI=1S/C11H17N3/c1-9-4-3-6-11(2,8-9)14-10(12)5-7-13-14/h3-5,7,9H,6,8,12H2,1-2H3/t9-,11+/m0/s1. The van der Waals surface area contributed by atoms with Crippen LogP contribution in [0, 0.1) is 5.92 Å². The van der Waals surface area contributed by atoms with Crippen molar-refractivity contribution in [1.82, 2.24) is 9.78 Å². The van der Waals surface area contributed by atoms with Crippen LogP contribution in [-0.2, 0) is 5.54 Å². The third kappa shape index (κ3) is 1.43. The van der Waals surface area contributed by atoms with Crippen LogP contribution in [-0.4, -0.2) is 9.78 Å².